The summed E-state index contributed by atoms with van der Waals surface area (Å²) in [5.41, 5.74) is 11.8. The smallest absolute Gasteiger partial charge is 0.343 e. The van der Waals surface area contributed by atoms with E-state index in [1.54, 1.807) is 6.07 Å². The van der Waals surface area contributed by atoms with Gasteiger partial charge in [0.25, 0.3) is 0 Å². The monoisotopic (exact) mass is 432 g/mol. The number of hydrogen-bond donors (Lipinski definition) is 1. The van der Waals surface area contributed by atoms with Gasteiger partial charge in [-0.1, -0.05) is 24.3 Å². The van der Waals surface area contributed by atoms with E-state index in [2.05, 4.69) is 16.7 Å². The second-order valence-electron chi connectivity index (χ2n) is 7.97. The number of carbonyl (C=O) groups excluding carboxylic acids is 2. The Bertz CT molecular complexity index is 1280. The molecule has 0 saturated carbocycles. The third kappa shape index (κ3) is 3.66. The van der Waals surface area contributed by atoms with Crippen molar-refractivity contribution in [3.05, 3.63) is 64.8 Å². The van der Waals surface area contributed by atoms with E-state index < -0.39 is 11.9 Å². The van der Waals surface area contributed by atoms with Crippen LogP contribution in [0.4, 0.5) is 0 Å². The number of esters is 1. The quantitative estimate of drug-likeness (QED) is 0.441. The molecule has 0 radical (unpaired) electrons. The lowest BCUT2D eigenvalue weighted by atomic mass is 10.0. The summed E-state index contributed by atoms with van der Waals surface area (Å²) in [6.45, 7) is 4.47. The summed E-state index contributed by atoms with van der Waals surface area (Å²) >= 11 is 0. The van der Waals surface area contributed by atoms with E-state index in [1.165, 1.54) is 18.2 Å². The molecule has 0 aliphatic heterocycles. The van der Waals surface area contributed by atoms with Crippen molar-refractivity contribution < 1.29 is 19.1 Å². The fourth-order valence-electron chi connectivity index (χ4n) is 4.70. The molecule has 166 valence electrons. The van der Waals surface area contributed by atoms with Crippen LogP contribution in [-0.2, 0) is 28.9 Å². The van der Waals surface area contributed by atoms with Gasteiger partial charge in [-0.05, 0) is 68.0 Å². The highest BCUT2D eigenvalue weighted by Gasteiger charge is 2.26. The Kier molecular flexibility index (Phi) is 6.04. The Labute approximate surface area is 187 Å². The van der Waals surface area contributed by atoms with Gasteiger partial charge in [0.15, 0.2) is 6.61 Å². The molecule has 6 nitrogen and oxygen atoms in total. The van der Waals surface area contributed by atoms with Crippen molar-refractivity contribution >= 4 is 33.7 Å². The van der Waals surface area contributed by atoms with E-state index in [9.17, 15) is 9.59 Å². The van der Waals surface area contributed by atoms with Gasteiger partial charge in [-0.15, -0.1) is 0 Å². The second kappa shape index (κ2) is 8.91. The van der Waals surface area contributed by atoms with Gasteiger partial charge in [0, 0.05) is 17.5 Å². The minimum atomic E-state index is -0.492. The maximum atomic E-state index is 12.4. The molecule has 3 aromatic rings. The van der Waals surface area contributed by atoms with E-state index in [0.717, 1.165) is 46.6 Å². The normalized spacial score (nSPS) is 13.8. The SMILES string of the molecule is C/C=C\C(=C/C)Cn1c2cccc(C(N)=O)c2c2c(OCC(=O)OC)cc3c(c21)CCC3. The van der Waals surface area contributed by atoms with Crippen molar-refractivity contribution in [2.45, 2.75) is 39.7 Å². The van der Waals surface area contributed by atoms with E-state index in [1.807, 2.05) is 38.1 Å². The number of nitrogens with two attached hydrogens (primary N) is 1. The van der Waals surface area contributed by atoms with Gasteiger partial charge >= 0.3 is 5.97 Å². The standard InChI is InChI=1S/C26H28N2O4/c1-4-8-16(5-2)14-28-20-12-7-11-19(26(27)30)23(20)24-21(32-15-22(29)31-3)13-17-9-6-10-18(17)25(24)28/h4-5,7-8,11-13H,6,9-10,14-15H2,1-3H3,(H2,27,30)/b8-4-,16-5+. The van der Waals surface area contributed by atoms with Crippen LogP contribution in [0.1, 0.15) is 41.8 Å². The number of primary amides is 1. The molecule has 1 amide bonds. The average molecular weight is 433 g/mol. The number of ether oxygens (including phenoxy) is 2. The average Bonchev–Trinajstić information content (AvgIpc) is 3.39. The van der Waals surface area contributed by atoms with Gasteiger partial charge in [-0.25, -0.2) is 4.79 Å². The molecule has 1 aliphatic carbocycles. The first-order valence-electron chi connectivity index (χ1n) is 10.9. The predicted octanol–water partition coefficient (Wildman–Crippen LogP) is 4.46. The molecule has 1 aromatic heterocycles. The van der Waals surface area contributed by atoms with Crippen LogP contribution in [0.25, 0.3) is 21.8 Å². The predicted molar refractivity (Wildman–Crippen MR) is 126 cm³/mol. The first kappa shape index (κ1) is 21.7. The van der Waals surface area contributed by atoms with Gasteiger partial charge in [-0.2, -0.15) is 0 Å². The van der Waals surface area contributed by atoms with Crippen LogP contribution in [0.15, 0.2) is 48.1 Å². The van der Waals surface area contributed by atoms with E-state index in [4.69, 9.17) is 15.2 Å². The third-order valence-corrected chi connectivity index (χ3v) is 6.12. The van der Waals surface area contributed by atoms with E-state index in [0.29, 0.717) is 17.9 Å². The minimum Gasteiger partial charge on any atom is -0.481 e. The maximum Gasteiger partial charge on any atom is 0.343 e. The van der Waals surface area contributed by atoms with Crippen LogP contribution in [-0.4, -0.2) is 30.2 Å². The Balaban J connectivity index is 2.10. The molecule has 32 heavy (non-hydrogen) atoms. The molecular weight excluding hydrogens is 404 g/mol. The van der Waals surface area contributed by atoms with Crippen LogP contribution in [0.5, 0.6) is 5.75 Å². The highest BCUT2D eigenvalue weighted by molar-refractivity contribution is 6.20. The van der Waals surface area contributed by atoms with Crippen LogP contribution >= 0.6 is 0 Å². The number of aryl methyl sites for hydroxylation is 2. The van der Waals surface area contributed by atoms with Crippen LogP contribution in [0.2, 0.25) is 0 Å². The molecule has 0 atom stereocenters. The van der Waals surface area contributed by atoms with E-state index >= 15 is 0 Å². The van der Waals surface area contributed by atoms with Crippen molar-refractivity contribution in [2.75, 3.05) is 13.7 Å². The van der Waals surface area contributed by atoms with Crippen LogP contribution in [0.3, 0.4) is 0 Å². The van der Waals surface area contributed by atoms with Crippen molar-refractivity contribution in [3.8, 4) is 5.75 Å². The third-order valence-electron chi connectivity index (χ3n) is 6.12. The molecule has 2 N–H and O–H groups in total. The van der Waals surface area contributed by atoms with Crippen molar-refractivity contribution in [2.24, 2.45) is 5.73 Å². The fraction of sp³-hybridized carbons (Fsp3) is 0.308. The molecule has 0 fully saturated rings. The molecule has 1 heterocycles. The molecule has 2 aromatic carbocycles. The molecule has 6 heteroatoms. The second-order valence-corrected chi connectivity index (χ2v) is 7.97. The fourth-order valence-corrected chi connectivity index (χ4v) is 4.70. The summed E-state index contributed by atoms with van der Waals surface area (Å²) in [6, 6.07) is 7.63. The van der Waals surface area contributed by atoms with Crippen molar-refractivity contribution in [1.29, 1.82) is 0 Å². The number of fused-ring (bicyclic) bond motifs is 5. The Morgan fingerprint density at radius 3 is 2.69 bits per heavy atom. The summed E-state index contributed by atoms with van der Waals surface area (Å²) in [5, 5.41) is 1.59. The number of aromatic nitrogens is 1. The number of carbonyl (C=O) groups is 2. The molecular formula is C26H28N2O4. The zero-order chi connectivity index (χ0) is 22.8. The minimum absolute atomic E-state index is 0.200. The van der Waals surface area contributed by atoms with Gasteiger partial charge in [0.05, 0.1) is 23.5 Å². The molecule has 0 saturated heterocycles. The highest BCUT2D eigenvalue weighted by Crippen LogP contribution is 2.43. The number of nitrogens with zero attached hydrogens (tertiary/aromatic N) is 1. The van der Waals surface area contributed by atoms with Crippen LogP contribution in [0, 0.1) is 0 Å². The lowest BCUT2D eigenvalue weighted by Gasteiger charge is -2.14. The molecule has 0 spiro atoms. The molecule has 1 aliphatic rings. The largest absolute Gasteiger partial charge is 0.481 e. The summed E-state index contributed by atoms with van der Waals surface area (Å²) in [4.78, 5) is 24.2. The molecule has 0 bridgehead atoms. The Morgan fingerprint density at radius 1 is 1.19 bits per heavy atom. The number of hydrogen-bond acceptors (Lipinski definition) is 4. The first-order chi connectivity index (χ1) is 15.5. The van der Waals surface area contributed by atoms with Crippen molar-refractivity contribution in [3.63, 3.8) is 0 Å². The summed E-state index contributed by atoms with van der Waals surface area (Å²) in [7, 11) is 1.33. The number of benzene rings is 2. The first-order valence-corrected chi connectivity index (χ1v) is 10.9. The van der Waals surface area contributed by atoms with E-state index in [-0.39, 0.29) is 6.61 Å². The Morgan fingerprint density at radius 2 is 2.00 bits per heavy atom. The Hall–Kier alpha value is -3.54. The summed E-state index contributed by atoms with van der Waals surface area (Å²) < 4.78 is 13.0. The van der Waals surface area contributed by atoms with Gasteiger partial charge in [0.1, 0.15) is 5.75 Å². The molecule has 0 unspecified atom stereocenters. The number of allylic oxidation sites excluding steroid dienone is 4. The topological polar surface area (TPSA) is 83.5 Å². The lowest BCUT2D eigenvalue weighted by Crippen LogP contribution is -2.13. The summed E-state index contributed by atoms with van der Waals surface area (Å²) in [6.07, 6.45) is 9.17. The van der Waals surface area contributed by atoms with Crippen LogP contribution < -0.4 is 10.5 Å². The number of methoxy groups -OCH3 is 1. The summed E-state index contributed by atoms with van der Waals surface area (Å²) in [5.74, 6) is -0.368. The van der Waals surface area contributed by atoms with Gasteiger partial charge in [0.2, 0.25) is 5.91 Å². The number of rotatable bonds is 7. The van der Waals surface area contributed by atoms with Gasteiger partial charge in [-0.3, -0.25) is 4.79 Å². The zero-order valence-electron chi connectivity index (χ0n) is 18.7. The molecule has 4 rings (SSSR count). The zero-order valence-corrected chi connectivity index (χ0v) is 18.7. The lowest BCUT2D eigenvalue weighted by molar-refractivity contribution is -0.142. The number of amides is 1. The highest BCUT2D eigenvalue weighted by atomic mass is 16.6. The van der Waals surface area contributed by atoms with Gasteiger partial charge < -0.3 is 19.8 Å². The maximum absolute atomic E-state index is 12.4. The van der Waals surface area contributed by atoms with Crippen molar-refractivity contribution in [1.82, 2.24) is 4.57 Å².